The van der Waals surface area contributed by atoms with E-state index in [1.165, 1.54) is 19.1 Å². The maximum Gasteiger partial charge on any atom is 0.328 e. The van der Waals surface area contributed by atoms with Crippen molar-refractivity contribution < 1.29 is 19.8 Å². The fraction of sp³-hybridized carbons (Fsp3) is 0.273. The summed E-state index contributed by atoms with van der Waals surface area (Å²) in [5, 5.41) is 20.2. The molecule has 0 saturated carbocycles. The Hall–Kier alpha value is -2.08. The zero-order valence-electron chi connectivity index (χ0n) is 9.25. The van der Waals surface area contributed by atoms with E-state index >= 15 is 0 Å². The Kier molecular flexibility index (Phi) is 4.06. The van der Waals surface area contributed by atoms with Crippen molar-refractivity contribution in [2.24, 2.45) is 0 Å². The second-order valence-electron chi connectivity index (χ2n) is 3.66. The highest BCUT2D eigenvalue weighted by molar-refractivity contribution is 5.97. The maximum atomic E-state index is 11.7. The predicted octanol–water partition coefficient (Wildman–Crippen LogP) is -0.167. The standard InChI is InChI=1S/C11H14N2O4/c1-6(14)9(11(16)17)13-10(15)7-3-2-4-8(12)5-7/h2-6,9,14H,12H2,1H3,(H,13,15)(H,16,17). The molecule has 2 atom stereocenters. The smallest absolute Gasteiger partial charge is 0.328 e. The number of carboxylic acid groups (broad SMARTS) is 1. The largest absolute Gasteiger partial charge is 0.480 e. The summed E-state index contributed by atoms with van der Waals surface area (Å²) < 4.78 is 0. The van der Waals surface area contributed by atoms with Crippen LogP contribution < -0.4 is 11.1 Å². The number of aliphatic hydroxyl groups excluding tert-OH is 1. The Bertz CT molecular complexity index is 431. The molecule has 1 amide bonds. The van der Waals surface area contributed by atoms with Crippen LogP contribution >= 0.6 is 0 Å². The van der Waals surface area contributed by atoms with Crippen LogP contribution in [0.25, 0.3) is 0 Å². The number of carbonyl (C=O) groups excluding carboxylic acids is 1. The van der Waals surface area contributed by atoms with Crippen LogP contribution in [-0.2, 0) is 4.79 Å². The number of amides is 1. The lowest BCUT2D eigenvalue weighted by atomic mass is 10.1. The molecule has 0 radical (unpaired) electrons. The number of aliphatic hydroxyl groups is 1. The predicted molar refractivity (Wildman–Crippen MR) is 61.4 cm³/mol. The number of hydrogen-bond acceptors (Lipinski definition) is 4. The highest BCUT2D eigenvalue weighted by Gasteiger charge is 2.25. The van der Waals surface area contributed by atoms with Crippen LogP contribution in [0.5, 0.6) is 0 Å². The van der Waals surface area contributed by atoms with Gasteiger partial charge in [-0.3, -0.25) is 4.79 Å². The number of nitrogens with two attached hydrogens (primary N) is 1. The van der Waals surface area contributed by atoms with Gasteiger partial charge in [-0.15, -0.1) is 0 Å². The first-order chi connectivity index (χ1) is 7.91. The van der Waals surface area contributed by atoms with E-state index in [0.29, 0.717) is 5.69 Å². The third-order valence-corrected chi connectivity index (χ3v) is 2.18. The molecule has 0 aliphatic carbocycles. The molecule has 0 aliphatic heterocycles. The molecular weight excluding hydrogens is 224 g/mol. The van der Waals surface area contributed by atoms with E-state index in [2.05, 4.69) is 5.32 Å². The van der Waals surface area contributed by atoms with Gasteiger partial charge in [0.05, 0.1) is 6.10 Å². The molecule has 92 valence electrons. The SMILES string of the molecule is CC(O)C(NC(=O)c1cccc(N)c1)C(=O)O. The van der Waals surface area contributed by atoms with Gasteiger partial charge in [0.25, 0.3) is 5.91 Å². The van der Waals surface area contributed by atoms with Gasteiger partial charge in [-0.2, -0.15) is 0 Å². The van der Waals surface area contributed by atoms with Crippen molar-refractivity contribution in [3.8, 4) is 0 Å². The number of carboxylic acids is 1. The molecule has 0 bridgehead atoms. The molecule has 6 heteroatoms. The normalized spacial score (nSPS) is 13.8. The average molecular weight is 238 g/mol. The van der Waals surface area contributed by atoms with Crippen LogP contribution in [0.3, 0.4) is 0 Å². The Morgan fingerprint density at radius 1 is 1.41 bits per heavy atom. The molecule has 0 fully saturated rings. The highest BCUT2D eigenvalue weighted by Crippen LogP contribution is 2.07. The first-order valence-electron chi connectivity index (χ1n) is 4.99. The molecule has 1 aromatic rings. The fourth-order valence-corrected chi connectivity index (χ4v) is 1.29. The monoisotopic (exact) mass is 238 g/mol. The van der Waals surface area contributed by atoms with Crippen molar-refractivity contribution >= 4 is 17.6 Å². The van der Waals surface area contributed by atoms with E-state index in [4.69, 9.17) is 10.8 Å². The Morgan fingerprint density at radius 2 is 2.06 bits per heavy atom. The number of hydrogen-bond donors (Lipinski definition) is 4. The topological polar surface area (TPSA) is 113 Å². The van der Waals surface area contributed by atoms with Crippen LogP contribution in [0.4, 0.5) is 5.69 Å². The van der Waals surface area contributed by atoms with E-state index in [1.807, 2.05) is 0 Å². The van der Waals surface area contributed by atoms with Crippen molar-refractivity contribution in [3.63, 3.8) is 0 Å². The van der Waals surface area contributed by atoms with Gasteiger partial charge < -0.3 is 21.3 Å². The lowest BCUT2D eigenvalue weighted by Gasteiger charge is -2.17. The molecule has 0 heterocycles. The van der Waals surface area contributed by atoms with E-state index in [0.717, 1.165) is 0 Å². The van der Waals surface area contributed by atoms with Gasteiger partial charge in [0.2, 0.25) is 0 Å². The van der Waals surface area contributed by atoms with Crippen molar-refractivity contribution in [2.45, 2.75) is 19.1 Å². The molecule has 1 rings (SSSR count). The number of nitrogens with one attached hydrogen (secondary N) is 1. The first-order valence-corrected chi connectivity index (χ1v) is 4.99. The molecule has 17 heavy (non-hydrogen) atoms. The quantitative estimate of drug-likeness (QED) is 0.544. The van der Waals surface area contributed by atoms with Gasteiger partial charge in [0.1, 0.15) is 0 Å². The third kappa shape index (κ3) is 3.46. The van der Waals surface area contributed by atoms with E-state index < -0.39 is 24.0 Å². The van der Waals surface area contributed by atoms with Crippen LogP contribution in [0, 0.1) is 0 Å². The second kappa shape index (κ2) is 5.31. The summed E-state index contributed by atoms with van der Waals surface area (Å²) in [6, 6.07) is 4.79. The third-order valence-electron chi connectivity index (χ3n) is 2.18. The minimum Gasteiger partial charge on any atom is -0.480 e. The fourth-order valence-electron chi connectivity index (χ4n) is 1.29. The van der Waals surface area contributed by atoms with Gasteiger partial charge in [0.15, 0.2) is 6.04 Å². The number of anilines is 1. The Balaban J connectivity index is 2.81. The number of carbonyl (C=O) groups is 2. The van der Waals surface area contributed by atoms with Gasteiger partial charge in [0, 0.05) is 11.3 Å². The van der Waals surface area contributed by atoms with Crippen LogP contribution in [0.2, 0.25) is 0 Å². The molecule has 6 nitrogen and oxygen atoms in total. The molecule has 0 aromatic heterocycles. The molecule has 0 saturated heterocycles. The summed E-state index contributed by atoms with van der Waals surface area (Å²) in [6.07, 6.45) is -1.18. The van der Waals surface area contributed by atoms with Gasteiger partial charge in [-0.1, -0.05) is 6.07 Å². The van der Waals surface area contributed by atoms with E-state index in [-0.39, 0.29) is 5.56 Å². The Morgan fingerprint density at radius 3 is 2.53 bits per heavy atom. The summed E-state index contributed by atoms with van der Waals surface area (Å²) in [6.45, 7) is 1.29. The number of benzene rings is 1. The lowest BCUT2D eigenvalue weighted by Crippen LogP contribution is -2.47. The number of nitrogen functional groups attached to an aromatic ring is 1. The zero-order valence-corrected chi connectivity index (χ0v) is 9.25. The number of rotatable bonds is 4. The van der Waals surface area contributed by atoms with Crippen LogP contribution in [0.1, 0.15) is 17.3 Å². The summed E-state index contributed by atoms with van der Waals surface area (Å²) in [7, 11) is 0. The van der Waals surface area contributed by atoms with E-state index in [1.54, 1.807) is 12.1 Å². The second-order valence-corrected chi connectivity index (χ2v) is 3.66. The van der Waals surface area contributed by atoms with Gasteiger partial charge in [-0.05, 0) is 25.1 Å². The highest BCUT2D eigenvalue weighted by atomic mass is 16.4. The Labute approximate surface area is 98.1 Å². The molecule has 2 unspecified atom stereocenters. The van der Waals surface area contributed by atoms with Crippen molar-refractivity contribution in [1.29, 1.82) is 0 Å². The van der Waals surface area contributed by atoms with Crippen molar-refractivity contribution in [3.05, 3.63) is 29.8 Å². The van der Waals surface area contributed by atoms with Crippen molar-refractivity contribution in [2.75, 3.05) is 5.73 Å². The lowest BCUT2D eigenvalue weighted by molar-refractivity contribution is -0.141. The van der Waals surface area contributed by atoms with Crippen LogP contribution in [0.15, 0.2) is 24.3 Å². The average Bonchev–Trinajstić information content (AvgIpc) is 2.24. The van der Waals surface area contributed by atoms with Crippen LogP contribution in [-0.4, -0.2) is 34.2 Å². The summed E-state index contributed by atoms with van der Waals surface area (Å²) in [5.41, 5.74) is 6.15. The molecule has 1 aromatic carbocycles. The zero-order chi connectivity index (χ0) is 13.0. The summed E-state index contributed by atoms with van der Waals surface area (Å²) >= 11 is 0. The van der Waals surface area contributed by atoms with Gasteiger partial charge >= 0.3 is 5.97 Å². The minimum atomic E-state index is -1.34. The molecule has 5 N–H and O–H groups in total. The van der Waals surface area contributed by atoms with E-state index in [9.17, 15) is 14.7 Å². The van der Waals surface area contributed by atoms with Crippen molar-refractivity contribution in [1.82, 2.24) is 5.32 Å². The minimum absolute atomic E-state index is 0.247. The first kappa shape index (κ1) is 13.0. The maximum absolute atomic E-state index is 11.7. The number of aliphatic carboxylic acids is 1. The molecule has 0 spiro atoms. The summed E-state index contributed by atoms with van der Waals surface area (Å²) in [4.78, 5) is 22.5. The molecule has 0 aliphatic rings. The summed E-state index contributed by atoms with van der Waals surface area (Å²) in [5.74, 6) is -1.89. The van der Waals surface area contributed by atoms with Gasteiger partial charge in [-0.25, -0.2) is 4.79 Å². The molecular formula is C11H14N2O4.